The van der Waals surface area contributed by atoms with E-state index in [-0.39, 0.29) is 0 Å². The average Bonchev–Trinajstić information content (AvgIpc) is 2.16. The van der Waals surface area contributed by atoms with Gasteiger partial charge in [-0.3, -0.25) is 0 Å². The Morgan fingerprint density at radius 1 is 1.33 bits per heavy atom. The second-order valence-electron chi connectivity index (χ2n) is 2.80. The Bertz CT molecular complexity index is 249. The van der Waals surface area contributed by atoms with Gasteiger partial charge in [0, 0.05) is 0 Å². The van der Waals surface area contributed by atoms with Crippen LogP contribution in [0.4, 0.5) is 0 Å². The standard InChI is InChI=1S/C11H14O/c1-2-10(9-12)8-11-6-4-3-5-7-11/h3-7,9,12H,2,8H2,1H3/b10-9-. The van der Waals surface area contributed by atoms with Gasteiger partial charge >= 0.3 is 0 Å². The highest BCUT2D eigenvalue weighted by molar-refractivity contribution is 5.20. The molecule has 0 aliphatic rings. The lowest BCUT2D eigenvalue weighted by molar-refractivity contribution is 0.463. The molecule has 64 valence electrons. The molecule has 0 radical (unpaired) electrons. The zero-order chi connectivity index (χ0) is 8.81. The third-order valence-corrected chi connectivity index (χ3v) is 1.91. The molecule has 0 heterocycles. The predicted molar refractivity (Wildman–Crippen MR) is 51.1 cm³/mol. The van der Waals surface area contributed by atoms with Crippen LogP contribution in [0.25, 0.3) is 0 Å². The Balaban J connectivity index is 2.64. The number of hydrogen-bond donors (Lipinski definition) is 1. The molecule has 0 saturated carbocycles. The van der Waals surface area contributed by atoms with Crippen LogP contribution >= 0.6 is 0 Å². The molecule has 0 unspecified atom stereocenters. The van der Waals surface area contributed by atoms with E-state index < -0.39 is 0 Å². The Kier molecular flexibility index (Phi) is 3.39. The van der Waals surface area contributed by atoms with E-state index in [0.29, 0.717) is 0 Å². The van der Waals surface area contributed by atoms with E-state index in [1.54, 1.807) is 0 Å². The summed E-state index contributed by atoms with van der Waals surface area (Å²) < 4.78 is 0. The second kappa shape index (κ2) is 4.60. The van der Waals surface area contributed by atoms with Gasteiger partial charge in [-0.15, -0.1) is 0 Å². The molecular formula is C11H14O. The monoisotopic (exact) mass is 162 g/mol. The van der Waals surface area contributed by atoms with Gasteiger partial charge in [0.15, 0.2) is 0 Å². The Hall–Kier alpha value is -1.24. The fourth-order valence-electron chi connectivity index (χ4n) is 1.12. The average molecular weight is 162 g/mol. The smallest absolute Gasteiger partial charge is 0.0786 e. The Labute approximate surface area is 73.4 Å². The van der Waals surface area contributed by atoms with Crippen molar-refractivity contribution < 1.29 is 5.11 Å². The molecular weight excluding hydrogens is 148 g/mol. The topological polar surface area (TPSA) is 20.2 Å². The first-order valence-electron chi connectivity index (χ1n) is 4.23. The minimum absolute atomic E-state index is 0.855. The van der Waals surface area contributed by atoms with Crippen molar-refractivity contribution in [2.45, 2.75) is 19.8 Å². The van der Waals surface area contributed by atoms with Gasteiger partial charge in [-0.25, -0.2) is 0 Å². The summed E-state index contributed by atoms with van der Waals surface area (Å²) in [7, 11) is 0. The quantitative estimate of drug-likeness (QED) is 0.677. The minimum Gasteiger partial charge on any atom is -0.516 e. The normalized spacial score (nSPS) is 11.6. The van der Waals surface area contributed by atoms with E-state index in [1.165, 1.54) is 11.8 Å². The summed E-state index contributed by atoms with van der Waals surface area (Å²) in [4.78, 5) is 0. The minimum atomic E-state index is 0.855. The van der Waals surface area contributed by atoms with Crippen molar-refractivity contribution in [1.82, 2.24) is 0 Å². The molecule has 12 heavy (non-hydrogen) atoms. The highest BCUT2D eigenvalue weighted by Crippen LogP contribution is 2.09. The van der Waals surface area contributed by atoms with Crippen molar-refractivity contribution in [2.24, 2.45) is 0 Å². The summed E-state index contributed by atoms with van der Waals surface area (Å²) in [6, 6.07) is 10.2. The third kappa shape index (κ3) is 2.42. The van der Waals surface area contributed by atoms with E-state index in [1.807, 2.05) is 25.1 Å². The fraction of sp³-hybridized carbons (Fsp3) is 0.273. The molecule has 0 aliphatic heterocycles. The van der Waals surface area contributed by atoms with Gasteiger partial charge in [0.05, 0.1) is 6.26 Å². The van der Waals surface area contributed by atoms with Crippen LogP contribution in [0.15, 0.2) is 42.2 Å². The van der Waals surface area contributed by atoms with Crippen LogP contribution in [-0.4, -0.2) is 5.11 Å². The van der Waals surface area contributed by atoms with E-state index in [0.717, 1.165) is 18.4 Å². The number of aliphatic hydroxyl groups is 1. The molecule has 1 N–H and O–H groups in total. The summed E-state index contributed by atoms with van der Waals surface area (Å²) in [6.07, 6.45) is 2.98. The van der Waals surface area contributed by atoms with Crippen molar-refractivity contribution in [3.8, 4) is 0 Å². The van der Waals surface area contributed by atoms with Gasteiger partial charge in [0.25, 0.3) is 0 Å². The molecule has 0 fully saturated rings. The zero-order valence-corrected chi connectivity index (χ0v) is 7.33. The molecule has 1 aromatic carbocycles. The maximum atomic E-state index is 8.83. The molecule has 1 rings (SSSR count). The first kappa shape index (κ1) is 8.85. The first-order chi connectivity index (χ1) is 5.86. The lowest BCUT2D eigenvalue weighted by Gasteiger charge is -2.01. The van der Waals surface area contributed by atoms with Crippen LogP contribution in [0.2, 0.25) is 0 Å². The molecule has 0 atom stereocenters. The number of aliphatic hydroxyl groups excluding tert-OH is 1. The molecule has 0 aromatic heterocycles. The van der Waals surface area contributed by atoms with Gasteiger partial charge in [0.1, 0.15) is 0 Å². The second-order valence-corrected chi connectivity index (χ2v) is 2.80. The number of allylic oxidation sites excluding steroid dienone is 1. The van der Waals surface area contributed by atoms with Crippen LogP contribution in [0.5, 0.6) is 0 Å². The van der Waals surface area contributed by atoms with Crippen molar-refractivity contribution in [1.29, 1.82) is 0 Å². The fourth-order valence-corrected chi connectivity index (χ4v) is 1.12. The van der Waals surface area contributed by atoms with Crippen LogP contribution in [0, 0.1) is 0 Å². The Morgan fingerprint density at radius 2 is 2.00 bits per heavy atom. The molecule has 0 aliphatic carbocycles. The summed E-state index contributed by atoms with van der Waals surface area (Å²) in [5.74, 6) is 0. The maximum absolute atomic E-state index is 8.83. The van der Waals surface area contributed by atoms with E-state index in [4.69, 9.17) is 5.11 Å². The summed E-state index contributed by atoms with van der Waals surface area (Å²) in [5, 5.41) is 8.83. The van der Waals surface area contributed by atoms with E-state index in [9.17, 15) is 0 Å². The van der Waals surface area contributed by atoms with Crippen LogP contribution in [-0.2, 0) is 6.42 Å². The zero-order valence-electron chi connectivity index (χ0n) is 7.33. The van der Waals surface area contributed by atoms with Crippen molar-refractivity contribution in [2.75, 3.05) is 0 Å². The number of benzene rings is 1. The molecule has 0 spiro atoms. The van der Waals surface area contributed by atoms with E-state index >= 15 is 0 Å². The van der Waals surface area contributed by atoms with Crippen LogP contribution in [0.3, 0.4) is 0 Å². The summed E-state index contributed by atoms with van der Waals surface area (Å²) in [6.45, 7) is 2.05. The predicted octanol–water partition coefficient (Wildman–Crippen LogP) is 3.08. The van der Waals surface area contributed by atoms with Crippen molar-refractivity contribution in [3.05, 3.63) is 47.7 Å². The van der Waals surface area contributed by atoms with Gasteiger partial charge in [0.2, 0.25) is 0 Å². The van der Waals surface area contributed by atoms with Gasteiger partial charge in [-0.2, -0.15) is 0 Å². The highest BCUT2D eigenvalue weighted by atomic mass is 16.2. The lowest BCUT2D eigenvalue weighted by atomic mass is 10.0. The van der Waals surface area contributed by atoms with E-state index in [2.05, 4.69) is 12.1 Å². The largest absolute Gasteiger partial charge is 0.516 e. The summed E-state index contributed by atoms with van der Waals surface area (Å²) >= 11 is 0. The van der Waals surface area contributed by atoms with Crippen molar-refractivity contribution in [3.63, 3.8) is 0 Å². The SMILES string of the molecule is CC/C(=C/O)Cc1ccccc1. The van der Waals surface area contributed by atoms with Gasteiger partial charge in [-0.1, -0.05) is 37.3 Å². The first-order valence-corrected chi connectivity index (χ1v) is 4.23. The van der Waals surface area contributed by atoms with Crippen molar-refractivity contribution >= 4 is 0 Å². The highest BCUT2D eigenvalue weighted by Gasteiger charge is 1.95. The number of rotatable bonds is 3. The van der Waals surface area contributed by atoms with Gasteiger partial charge in [-0.05, 0) is 24.0 Å². The van der Waals surface area contributed by atoms with Gasteiger partial charge < -0.3 is 5.11 Å². The molecule has 1 nitrogen and oxygen atoms in total. The molecule has 1 heteroatoms. The lowest BCUT2D eigenvalue weighted by Crippen LogP contribution is -1.88. The summed E-state index contributed by atoms with van der Waals surface area (Å²) in [5.41, 5.74) is 2.32. The molecule has 1 aromatic rings. The van der Waals surface area contributed by atoms with Crippen LogP contribution < -0.4 is 0 Å². The molecule has 0 amide bonds. The molecule has 0 saturated heterocycles. The molecule has 0 bridgehead atoms. The third-order valence-electron chi connectivity index (χ3n) is 1.91. The number of hydrogen-bond acceptors (Lipinski definition) is 1. The maximum Gasteiger partial charge on any atom is 0.0786 e. The van der Waals surface area contributed by atoms with Crippen LogP contribution in [0.1, 0.15) is 18.9 Å². The Morgan fingerprint density at radius 3 is 2.50 bits per heavy atom.